The number of aromatic nitrogens is 1. The second-order valence-electron chi connectivity index (χ2n) is 6.49. The molecule has 0 atom stereocenters. The van der Waals surface area contributed by atoms with Gasteiger partial charge in [-0.25, -0.2) is 4.98 Å². The van der Waals surface area contributed by atoms with E-state index in [2.05, 4.69) is 15.2 Å². The smallest absolute Gasteiger partial charge is 0.272 e. The average Bonchev–Trinajstić information content (AvgIpc) is 3.11. The Labute approximate surface area is 164 Å². The predicted octanol–water partition coefficient (Wildman–Crippen LogP) is 3.60. The second kappa shape index (κ2) is 7.53. The van der Waals surface area contributed by atoms with E-state index in [0.29, 0.717) is 30.0 Å². The molecule has 8 nitrogen and oxygen atoms in total. The number of nitro groups is 1. The molecule has 0 saturated carbocycles. The number of fused-ring (bicyclic) bond motifs is 1. The molecule has 0 bridgehead atoms. The molecule has 1 fully saturated rings. The van der Waals surface area contributed by atoms with Crippen molar-refractivity contribution in [1.29, 1.82) is 0 Å². The Balaban J connectivity index is 1.53. The van der Waals surface area contributed by atoms with Gasteiger partial charge in [-0.05, 0) is 37.3 Å². The Morgan fingerprint density at radius 1 is 1.25 bits per heavy atom. The molecule has 0 aliphatic carbocycles. The van der Waals surface area contributed by atoms with E-state index < -0.39 is 4.92 Å². The minimum Gasteiger partial charge on any atom is -0.378 e. The number of thiazole rings is 1. The Morgan fingerprint density at radius 2 is 2.04 bits per heavy atom. The lowest BCUT2D eigenvalue weighted by molar-refractivity contribution is -0.385. The van der Waals surface area contributed by atoms with E-state index in [1.54, 1.807) is 24.3 Å². The van der Waals surface area contributed by atoms with Crippen LogP contribution in [0.25, 0.3) is 10.2 Å². The second-order valence-corrected chi connectivity index (χ2v) is 7.50. The van der Waals surface area contributed by atoms with E-state index in [-0.39, 0.29) is 11.6 Å². The van der Waals surface area contributed by atoms with Gasteiger partial charge in [0.2, 0.25) is 0 Å². The highest BCUT2D eigenvalue weighted by Gasteiger charge is 2.17. The number of nitro benzene ring substituents is 1. The molecule has 28 heavy (non-hydrogen) atoms. The number of hydrogen-bond acceptors (Lipinski definition) is 7. The van der Waals surface area contributed by atoms with Gasteiger partial charge in [0, 0.05) is 36.0 Å². The number of morpholine rings is 1. The molecule has 2 aromatic carbocycles. The third kappa shape index (κ3) is 3.67. The summed E-state index contributed by atoms with van der Waals surface area (Å²) in [6, 6.07) is 9.92. The van der Waals surface area contributed by atoms with Gasteiger partial charge in [-0.2, -0.15) is 0 Å². The molecular formula is C19H18N4O4S. The number of carbonyl (C=O) groups is 1. The van der Waals surface area contributed by atoms with Crippen molar-refractivity contribution in [1.82, 2.24) is 4.98 Å². The minimum atomic E-state index is -0.458. The lowest BCUT2D eigenvalue weighted by Gasteiger charge is -2.25. The number of amides is 1. The number of benzene rings is 2. The van der Waals surface area contributed by atoms with Crippen LogP contribution >= 0.6 is 11.3 Å². The van der Waals surface area contributed by atoms with E-state index in [9.17, 15) is 14.9 Å². The first-order valence-electron chi connectivity index (χ1n) is 8.81. The van der Waals surface area contributed by atoms with Crippen LogP contribution in [0.15, 0.2) is 36.4 Å². The summed E-state index contributed by atoms with van der Waals surface area (Å²) < 4.78 is 6.36. The van der Waals surface area contributed by atoms with Gasteiger partial charge < -0.3 is 15.0 Å². The lowest BCUT2D eigenvalue weighted by Crippen LogP contribution is -2.36. The molecule has 1 aliphatic rings. The van der Waals surface area contributed by atoms with Crippen molar-refractivity contribution in [2.75, 3.05) is 36.5 Å². The van der Waals surface area contributed by atoms with Crippen LogP contribution in [-0.2, 0) is 4.74 Å². The van der Waals surface area contributed by atoms with Crippen LogP contribution < -0.4 is 10.2 Å². The topological polar surface area (TPSA) is 97.6 Å². The fraction of sp³-hybridized carbons (Fsp3) is 0.263. The van der Waals surface area contributed by atoms with Crippen molar-refractivity contribution in [2.24, 2.45) is 0 Å². The van der Waals surface area contributed by atoms with Crippen LogP contribution in [0.3, 0.4) is 0 Å². The molecule has 0 unspecified atom stereocenters. The van der Waals surface area contributed by atoms with Crippen molar-refractivity contribution in [3.8, 4) is 0 Å². The number of hydrogen-bond donors (Lipinski definition) is 1. The van der Waals surface area contributed by atoms with Crippen molar-refractivity contribution < 1.29 is 14.5 Å². The largest absolute Gasteiger partial charge is 0.378 e. The van der Waals surface area contributed by atoms with Crippen LogP contribution in [0.1, 0.15) is 15.9 Å². The van der Waals surface area contributed by atoms with Gasteiger partial charge in [0.1, 0.15) is 0 Å². The maximum absolute atomic E-state index is 12.5. The zero-order valence-electron chi connectivity index (χ0n) is 15.2. The molecule has 3 aromatic rings. The number of aryl methyl sites for hydroxylation is 1. The van der Waals surface area contributed by atoms with Gasteiger partial charge in [0.15, 0.2) is 5.13 Å². The van der Waals surface area contributed by atoms with Crippen molar-refractivity contribution >= 4 is 44.0 Å². The first kappa shape index (κ1) is 18.3. The third-order valence-electron chi connectivity index (χ3n) is 4.57. The predicted molar refractivity (Wildman–Crippen MR) is 108 cm³/mol. The number of nitrogens with zero attached hydrogens (tertiary/aromatic N) is 3. The van der Waals surface area contributed by atoms with Gasteiger partial charge in [-0.15, -0.1) is 0 Å². The average molecular weight is 398 g/mol. The normalized spacial score (nSPS) is 14.2. The SMILES string of the molecule is Cc1cc(C(=O)Nc2ccc3nc(N4CCOCC4)sc3c2)ccc1[N+](=O)[O-]. The summed E-state index contributed by atoms with van der Waals surface area (Å²) in [6.45, 7) is 4.66. The zero-order valence-corrected chi connectivity index (χ0v) is 16.0. The monoisotopic (exact) mass is 398 g/mol. The first-order valence-corrected chi connectivity index (χ1v) is 9.62. The molecule has 9 heteroatoms. The van der Waals surface area contributed by atoms with Gasteiger partial charge in [-0.3, -0.25) is 14.9 Å². The van der Waals surface area contributed by atoms with Crippen molar-refractivity contribution in [2.45, 2.75) is 6.92 Å². The van der Waals surface area contributed by atoms with Crippen LogP contribution in [0, 0.1) is 17.0 Å². The standard InChI is InChI=1S/C19H18N4O4S/c1-12-10-13(2-5-16(12)23(25)26)18(24)20-14-3-4-15-17(11-14)28-19(21-15)22-6-8-27-9-7-22/h2-5,10-11H,6-9H2,1H3,(H,20,24). The summed E-state index contributed by atoms with van der Waals surface area (Å²) in [5.41, 5.74) is 2.37. The van der Waals surface area contributed by atoms with Gasteiger partial charge in [0.25, 0.3) is 11.6 Å². The molecule has 1 aromatic heterocycles. The summed E-state index contributed by atoms with van der Waals surface area (Å²) in [5, 5.41) is 14.7. The third-order valence-corrected chi connectivity index (χ3v) is 5.65. The van der Waals surface area contributed by atoms with E-state index in [4.69, 9.17) is 4.74 Å². The fourth-order valence-corrected chi connectivity index (χ4v) is 4.14. The molecule has 144 valence electrons. The Bertz CT molecular complexity index is 1060. The Hall–Kier alpha value is -3.04. The highest BCUT2D eigenvalue weighted by atomic mass is 32.1. The summed E-state index contributed by atoms with van der Waals surface area (Å²) in [5.74, 6) is -0.310. The molecule has 1 amide bonds. The summed E-state index contributed by atoms with van der Waals surface area (Å²) in [7, 11) is 0. The molecule has 1 saturated heterocycles. The van der Waals surface area contributed by atoms with Gasteiger partial charge in [0.05, 0.1) is 28.4 Å². The Morgan fingerprint density at radius 3 is 2.75 bits per heavy atom. The first-order chi connectivity index (χ1) is 13.5. The number of anilines is 2. The molecular weight excluding hydrogens is 380 g/mol. The number of rotatable bonds is 4. The van der Waals surface area contributed by atoms with Crippen LogP contribution in [0.4, 0.5) is 16.5 Å². The highest BCUT2D eigenvalue weighted by molar-refractivity contribution is 7.22. The van der Waals surface area contributed by atoms with Gasteiger partial charge in [-0.1, -0.05) is 11.3 Å². The number of ether oxygens (including phenoxy) is 1. The number of carbonyl (C=O) groups excluding carboxylic acids is 1. The van der Waals surface area contributed by atoms with Crippen LogP contribution in [0.2, 0.25) is 0 Å². The summed E-state index contributed by atoms with van der Waals surface area (Å²) in [4.78, 5) is 29.9. The van der Waals surface area contributed by atoms with Crippen LogP contribution in [0.5, 0.6) is 0 Å². The van der Waals surface area contributed by atoms with Crippen molar-refractivity contribution in [3.63, 3.8) is 0 Å². The van der Waals surface area contributed by atoms with E-state index in [1.165, 1.54) is 18.2 Å². The maximum Gasteiger partial charge on any atom is 0.272 e. The molecule has 0 radical (unpaired) electrons. The molecule has 0 spiro atoms. The van der Waals surface area contributed by atoms with Gasteiger partial charge >= 0.3 is 0 Å². The molecule has 1 N–H and O–H groups in total. The fourth-order valence-electron chi connectivity index (χ4n) is 3.08. The van der Waals surface area contributed by atoms with Crippen LogP contribution in [-0.4, -0.2) is 42.1 Å². The van der Waals surface area contributed by atoms with E-state index in [1.807, 2.05) is 12.1 Å². The summed E-state index contributed by atoms with van der Waals surface area (Å²) in [6.07, 6.45) is 0. The summed E-state index contributed by atoms with van der Waals surface area (Å²) >= 11 is 1.58. The quantitative estimate of drug-likeness (QED) is 0.533. The number of nitrogens with one attached hydrogen (secondary N) is 1. The molecule has 4 rings (SSSR count). The minimum absolute atomic E-state index is 0.00160. The Kier molecular flexibility index (Phi) is 4.93. The molecule has 1 aliphatic heterocycles. The van der Waals surface area contributed by atoms with Crippen molar-refractivity contribution in [3.05, 3.63) is 57.6 Å². The van der Waals surface area contributed by atoms with E-state index >= 15 is 0 Å². The maximum atomic E-state index is 12.5. The zero-order chi connectivity index (χ0) is 19.7. The lowest BCUT2D eigenvalue weighted by atomic mass is 10.1. The molecule has 2 heterocycles. The highest BCUT2D eigenvalue weighted by Crippen LogP contribution is 2.31. The van der Waals surface area contributed by atoms with E-state index in [0.717, 1.165) is 28.4 Å².